The van der Waals surface area contributed by atoms with E-state index in [1.165, 1.54) is 0 Å². The van der Waals surface area contributed by atoms with Crippen molar-refractivity contribution in [2.75, 3.05) is 57.8 Å². The van der Waals surface area contributed by atoms with Gasteiger partial charge in [-0.25, -0.2) is 4.79 Å². The fraction of sp³-hybridized carbons (Fsp3) is 0.481. The largest absolute Gasteiger partial charge is 0.488 e. The van der Waals surface area contributed by atoms with E-state index >= 15 is 0 Å². The molecule has 0 saturated heterocycles. The Hall–Kier alpha value is -3.66. The SMILES string of the molecule is C[C@H](CO)N1C[C@H](C)[C@H](CN(C)C(=O)Nc2ccc3c(c2)OCO3)Oc2ccc(N(C)C)cc2CC1=O. The van der Waals surface area contributed by atoms with Crippen molar-refractivity contribution in [1.29, 1.82) is 0 Å². The van der Waals surface area contributed by atoms with Gasteiger partial charge in [-0.3, -0.25) is 4.79 Å². The third-order valence-electron chi connectivity index (χ3n) is 6.84. The molecule has 0 aromatic heterocycles. The lowest BCUT2D eigenvalue weighted by Gasteiger charge is -2.34. The van der Waals surface area contributed by atoms with Crippen molar-refractivity contribution in [2.24, 2.45) is 5.92 Å². The Balaban J connectivity index is 1.55. The van der Waals surface area contributed by atoms with Crippen LogP contribution in [0, 0.1) is 5.92 Å². The minimum absolute atomic E-state index is 0.0660. The molecule has 2 aromatic carbocycles. The summed E-state index contributed by atoms with van der Waals surface area (Å²) < 4.78 is 17.2. The van der Waals surface area contributed by atoms with Gasteiger partial charge >= 0.3 is 6.03 Å². The molecule has 2 aromatic rings. The van der Waals surface area contributed by atoms with Crippen LogP contribution < -0.4 is 24.4 Å². The van der Waals surface area contributed by atoms with Gasteiger partial charge in [0.2, 0.25) is 12.7 Å². The van der Waals surface area contributed by atoms with Gasteiger partial charge in [-0.1, -0.05) is 6.92 Å². The van der Waals surface area contributed by atoms with Gasteiger partial charge in [0.05, 0.1) is 25.6 Å². The molecule has 2 N–H and O–H groups in total. The number of hydrogen-bond donors (Lipinski definition) is 2. The number of likely N-dealkylation sites (N-methyl/N-ethyl adjacent to an activating group) is 1. The maximum absolute atomic E-state index is 13.3. The number of fused-ring (bicyclic) bond motifs is 2. The number of anilines is 2. The molecule has 3 atom stereocenters. The van der Waals surface area contributed by atoms with Gasteiger partial charge in [0, 0.05) is 56.6 Å². The second kappa shape index (κ2) is 11.2. The molecular formula is C27H36N4O6. The van der Waals surface area contributed by atoms with Crippen molar-refractivity contribution in [1.82, 2.24) is 9.80 Å². The zero-order valence-electron chi connectivity index (χ0n) is 22.1. The van der Waals surface area contributed by atoms with Crippen molar-refractivity contribution >= 4 is 23.3 Å². The zero-order chi connectivity index (χ0) is 26.7. The Kier molecular flexibility index (Phi) is 7.97. The summed E-state index contributed by atoms with van der Waals surface area (Å²) in [5.74, 6) is 1.68. The molecule has 10 heteroatoms. The fourth-order valence-corrected chi connectivity index (χ4v) is 4.46. The molecule has 0 saturated carbocycles. The lowest BCUT2D eigenvalue weighted by atomic mass is 10.0. The number of carbonyl (C=O) groups is 2. The Labute approximate surface area is 217 Å². The van der Waals surface area contributed by atoms with Crippen LogP contribution in [0.4, 0.5) is 16.2 Å². The summed E-state index contributed by atoms with van der Waals surface area (Å²) in [5.41, 5.74) is 2.33. The number of ether oxygens (including phenoxy) is 3. The molecule has 37 heavy (non-hydrogen) atoms. The van der Waals surface area contributed by atoms with Crippen LogP contribution in [0.2, 0.25) is 0 Å². The smallest absolute Gasteiger partial charge is 0.321 e. The van der Waals surface area contributed by atoms with Gasteiger partial charge in [0.1, 0.15) is 11.9 Å². The first kappa shape index (κ1) is 26.4. The summed E-state index contributed by atoms with van der Waals surface area (Å²) in [6.45, 7) is 4.56. The molecule has 0 unspecified atom stereocenters. The highest BCUT2D eigenvalue weighted by atomic mass is 16.7. The maximum Gasteiger partial charge on any atom is 0.321 e. The van der Waals surface area contributed by atoms with E-state index < -0.39 is 6.10 Å². The number of benzene rings is 2. The molecular weight excluding hydrogens is 476 g/mol. The van der Waals surface area contributed by atoms with Gasteiger partial charge in [-0.05, 0) is 37.3 Å². The van der Waals surface area contributed by atoms with Gasteiger partial charge in [-0.2, -0.15) is 0 Å². The first-order chi connectivity index (χ1) is 17.7. The monoisotopic (exact) mass is 512 g/mol. The van der Waals surface area contributed by atoms with Crippen molar-refractivity contribution in [2.45, 2.75) is 32.4 Å². The second-order valence-corrected chi connectivity index (χ2v) is 9.95. The molecule has 0 bridgehead atoms. The normalized spacial score (nSPS) is 19.6. The highest BCUT2D eigenvalue weighted by molar-refractivity contribution is 5.89. The van der Waals surface area contributed by atoms with Crippen molar-refractivity contribution in [3.8, 4) is 17.2 Å². The van der Waals surface area contributed by atoms with E-state index in [9.17, 15) is 14.7 Å². The van der Waals surface area contributed by atoms with E-state index in [2.05, 4.69) is 5.32 Å². The maximum atomic E-state index is 13.3. The average molecular weight is 513 g/mol. The number of amides is 3. The molecule has 2 aliphatic rings. The predicted molar refractivity (Wildman–Crippen MR) is 141 cm³/mol. The number of urea groups is 1. The first-order valence-electron chi connectivity index (χ1n) is 12.4. The number of aliphatic hydroxyl groups is 1. The standard InChI is InChI=1S/C27H36N4O6/c1-17-13-31(18(2)15-32)26(33)11-19-10-21(29(3)4)7-9-22(19)37-25(17)14-30(5)27(34)28-20-6-8-23-24(12-20)36-16-35-23/h6-10,12,17-18,25,32H,11,13-16H2,1-5H3,(H,28,34)/t17-,18+,25-/m0/s1. The molecule has 3 amide bonds. The molecule has 2 aliphatic heterocycles. The van der Waals surface area contributed by atoms with Crippen LogP contribution in [0.15, 0.2) is 36.4 Å². The van der Waals surface area contributed by atoms with Crippen LogP contribution in [0.3, 0.4) is 0 Å². The predicted octanol–water partition coefficient (Wildman–Crippen LogP) is 2.79. The third-order valence-corrected chi connectivity index (χ3v) is 6.84. The number of carbonyl (C=O) groups excluding carboxylic acids is 2. The summed E-state index contributed by atoms with van der Waals surface area (Å²) in [7, 11) is 5.59. The molecule has 0 aliphatic carbocycles. The number of nitrogens with zero attached hydrogens (tertiary/aromatic N) is 3. The van der Waals surface area contributed by atoms with E-state index in [1.54, 1.807) is 35.0 Å². The molecule has 0 spiro atoms. The Morgan fingerprint density at radius 1 is 1.14 bits per heavy atom. The summed E-state index contributed by atoms with van der Waals surface area (Å²) in [5, 5.41) is 12.7. The first-order valence-corrected chi connectivity index (χ1v) is 12.4. The number of hydrogen-bond acceptors (Lipinski definition) is 7. The van der Waals surface area contributed by atoms with E-state index in [0.717, 1.165) is 11.3 Å². The summed E-state index contributed by atoms with van der Waals surface area (Å²) in [6.07, 6.45) is -0.225. The van der Waals surface area contributed by atoms with Gasteiger partial charge in [0.25, 0.3) is 0 Å². The average Bonchev–Trinajstić information content (AvgIpc) is 3.35. The van der Waals surface area contributed by atoms with Crippen molar-refractivity contribution < 1.29 is 28.9 Å². The molecule has 10 nitrogen and oxygen atoms in total. The minimum Gasteiger partial charge on any atom is -0.488 e. The van der Waals surface area contributed by atoms with Crippen LogP contribution in [0.5, 0.6) is 17.2 Å². The van der Waals surface area contributed by atoms with Crippen LogP contribution >= 0.6 is 0 Å². The Morgan fingerprint density at radius 2 is 1.86 bits per heavy atom. The lowest BCUT2D eigenvalue weighted by molar-refractivity contribution is -0.134. The summed E-state index contributed by atoms with van der Waals surface area (Å²) >= 11 is 0. The van der Waals surface area contributed by atoms with Crippen LogP contribution in [-0.4, -0.2) is 86.6 Å². The van der Waals surface area contributed by atoms with E-state index in [0.29, 0.717) is 36.0 Å². The lowest BCUT2D eigenvalue weighted by Crippen LogP contribution is -2.48. The summed E-state index contributed by atoms with van der Waals surface area (Å²) in [6, 6.07) is 10.4. The Morgan fingerprint density at radius 3 is 2.59 bits per heavy atom. The Bertz CT molecular complexity index is 1140. The minimum atomic E-state index is -0.393. The second-order valence-electron chi connectivity index (χ2n) is 9.95. The van der Waals surface area contributed by atoms with Crippen molar-refractivity contribution in [3.63, 3.8) is 0 Å². The van der Waals surface area contributed by atoms with Crippen LogP contribution in [0.1, 0.15) is 19.4 Å². The number of nitrogens with one attached hydrogen (secondary N) is 1. The van der Waals surface area contributed by atoms with Gasteiger partial charge < -0.3 is 39.3 Å². The molecule has 4 rings (SSSR count). The van der Waals surface area contributed by atoms with Crippen LogP contribution in [-0.2, 0) is 11.2 Å². The summed E-state index contributed by atoms with van der Waals surface area (Å²) in [4.78, 5) is 31.6. The van der Waals surface area contributed by atoms with Gasteiger partial charge in [0.15, 0.2) is 11.5 Å². The molecule has 200 valence electrons. The quantitative estimate of drug-likeness (QED) is 0.614. The van der Waals surface area contributed by atoms with E-state index in [4.69, 9.17) is 14.2 Å². The number of aliphatic hydroxyl groups excluding tert-OH is 1. The van der Waals surface area contributed by atoms with Crippen molar-refractivity contribution in [3.05, 3.63) is 42.0 Å². The third kappa shape index (κ3) is 6.02. The zero-order valence-corrected chi connectivity index (χ0v) is 22.1. The molecule has 2 heterocycles. The van der Waals surface area contributed by atoms with Gasteiger partial charge in [-0.15, -0.1) is 0 Å². The highest BCUT2D eigenvalue weighted by Gasteiger charge is 2.32. The molecule has 0 radical (unpaired) electrons. The topological polar surface area (TPSA) is 104 Å². The molecule has 0 fully saturated rings. The number of rotatable bonds is 6. The van der Waals surface area contributed by atoms with Crippen LogP contribution in [0.25, 0.3) is 0 Å². The van der Waals surface area contributed by atoms with E-state index in [-0.39, 0.29) is 43.7 Å². The van der Waals surface area contributed by atoms with E-state index in [1.807, 2.05) is 51.0 Å². The fourth-order valence-electron chi connectivity index (χ4n) is 4.46. The highest BCUT2D eigenvalue weighted by Crippen LogP contribution is 2.34.